The zero-order valence-corrected chi connectivity index (χ0v) is 5.15. The quantitative estimate of drug-likeness (QED) is 0.536. The van der Waals surface area contributed by atoms with Crippen LogP contribution in [0, 0.1) is 0 Å². The van der Waals surface area contributed by atoms with Crippen LogP contribution in [0.5, 0.6) is 0 Å². The SMILES string of the molecule is O=[S](=O)([Cu])CCO. The Morgan fingerprint density at radius 1 is 1.57 bits per heavy atom. The van der Waals surface area contributed by atoms with Crippen molar-refractivity contribution in [1.82, 2.24) is 0 Å². The van der Waals surface area contributed by atoms with Gasteiger partial charge >= 0.3 is 49.0 Å². The van der Waals surface area contributed by atoms with Gasteiger partial charge in [0.15, 0.2) is 0 Å². The van der Waals surface area contributed by atoms with Crippen LogP contribution in [0.2, 0.25) is 0 Å². The maximum atomic E-state index is 9.88. The van der Waals surface area contributed by atoms with E-state index in [1.165, 1.54) is 0 Å². The Morgan fingerprint density at radius 3 is 2.00 bits per heavy atom. The Morgan fingerprint density at radius 2 is 2.00 bits per heavy atom. The van der Waals surface area contributed by atoms with E-state index in [0.717, 1.165) is 0 Å². The van der Waals surface area contributed by atoms with E-state index >= 15 is 0 Å². The molecule has 0 spiro atoms. The predicted octanol–water partition coefficient (Wildman–Crippen LogP) is -1.14. The molecule has 0 aliphatic rings. The van der Waals surface area contributed by atoms with Gasteiger partial charge in [0.1, 0.15) is 0 Å². The molecular formula is C2H5CuO3S. The van der Waals surface area contributed by atoms with E-state index in [-0.39, 0.29) is 12.4 Å². The van der Waals surface area contributed by atoms with Crippen LogP contribution in [-0.4, -0.2) is 25.9 Å². The van der Waals surface area contributed by atoms with Gasteiger partial charge < -0.3 is 0 Å². The topological polar surface area (TPSA) is 54.4 Å². The second-order valence-electron chi connectivity index (χ2n) is 0.919. The van der Waals surface area contributed by atoms with E-state index in [2.05, 4.69) is 14.9 Å². The molecule has 0 saturated heterocycles. The van der Waals surface area contributed by atoms with Gasteiger partial charge in [-0.2, -0.15) is 0 Å². The number of aliphatic hydroxyl groups excluding tert-OH is 1. The normalized spacial score (nSPS) is 11.9. The molecule has 48 valence electrons. The first-order valence-corrected chi connectivity index (χ1v) is 4.20. The number of aliphatic hydroxyl groups is 1. The summed E-state index contributed by atoms with van der Waals surface area (Å²) >= 11 is 4.04. The molecule has 0 atom stereocenters. The van der Waals surface area contributed by atoms with E-state index in [0.29, 0.717) is 0 Å². The van der Waals surface area contributed by atoms with Crippen molar-refractivity contribution in [3.05, 3.63) is 0 Å². The molecule has 0 rings (SSSR count). The fraction of sp³-hybridized carbons (Fsp3) is 1.00. The first kappa shape index (κ1) is 7.43. The average molecular weight is 173 g/mol. The van der Waals surface area contributed by atoms with E-state index in [1.54, 1.807) is 0 Å². The average Bonchev–Trinajstić information content (AvgIpc) is 1.30. The first-order valence-electron chi connectivity index (χ1n) is 1.56. The number of hydrogen-bond donors (Lipinski definition) is 1. The van der Waals surface area contributed by atoms with Gasteiger partial charge in [0.25, 0.3) is 0 Å². The summed E-state index contributed by atoms with van der Waals surface area (Å²) in [5.41, 5.74) is 0. The number of hydrogen-bond acceptors (Lipinski definition) is 3. The van der Waals surface area contributed by atoms with Gasteiger partial charge in [-0.3, -0.25) is 0 Å². The van der Waals surface area contributed by atoms with Gasteiger partial charge in [-0.05, 0) is 0 Å². The molecule has 0 heterocycles. The summed E-state index contributed by atoms with van der Waals surface area (Å²) in [5, 5.41) is 7.95. The van der Waals surface area contributed by atoms with Crippen LogP contribution in [0.15, 0.2) is 0 Å². The molecule has 0 amide bonds. The van der Waals surface area contributed by atoms with Gasteiger partial charge in [-0.15, -0.1) is 0 Å². The Labute approximate surface area is 49.5 Å². The molecule has 1 N–H and O–H groups in total. The standard InChI is InChI=1S/C2H5O3S.Cu/c3-1-2-6(4)5;/h3H,1-2H2;. The minimum atomic E-state index is -3.36. The van der Waals surface area contributed by atoms with E-state index in [9.17, 15) is 8.42 Å². The van der Waals surface area contributed by atoms with Crippen LogP contribution < -0.4 is 0 Å². The van der Waals surface area contributed by atoms with Crippen molar-refractivity contribution in [3.63, 3.8) is 0 Å². The molecule has 0 aromatic rings. The molecular weight excluding hydrogens is 168 g/mol. The van der Waals surface area contributed by atoms with Crippen LogP contribution >= 0.6 is 0 Å². The molecule has 3 nitrogen and oxygen atoms in total. The third-order valence-corrected chi connectivity index (χ3v) is 1.54. The molecule has 0 radical (unpaired) electrons. The van der Waals surface area contributed by atoms with Crippen molar-refractivity contribution < 1.29 is 28.4 Å². The fourth-order valence-corrected chi connectivity index (χ4v) is 0.564. The summed E-state index contributed by atoms with van der Waals surface area (Å²) in [6, 6.07) is 0. The van der Waals surface area contributed by atoms with E-state index < -0.39 is 8.26 Å². The van der Waals surface area contributed by atoms with E-state index in [1.807, 2.05) is 0 Å². The summed E-state index contributed by atoms with van der Waals surface area (Å²) in [4.78, 5) is 0. The van der Waals surface area contributed by atoms with Crippen molar-refractivity contribution in [2.75, 3.05) is 12.4 Å². The molecule has 0 saturated carbocycles. The van der Waals surface area contributed by atoms with Crippen molar-refractivity contribution in [1.29, 1.82) is 0 Å². The van der Waals surface area contributed by atoms with Gasteiger partial charge in [-0.25, -0.2) is 0 Å². The van der Waals surface area contributed by atoms with Crippen molar-refractivity contribution in [2.24, 2.45) is 0 Å². The summed E-state index contributed by atoms with van der Waals surface area (Å²) in [6.07, 6.45) is 0. The van der Waals surface area contributed by atoms with Crippen molar-refractivity contribution in [2.45, 2.75) is 0 Å². The monoisotopic (exact) mass is 172 g/mol. The zero-order chi connectivity index (χ0) is 5.91. The molecule has 7 heavy (non-hydrogen) atoms. The van der Waals surface area contributed by atoms with Crippen LogP contribution in [0.3, 0.4) is 0 Å². The summed E-state index contributed by atoms with van der Waals surface area (Å²) in [5.74, 6) is -0.326. The van der Waals surface area contributed by atoms with Crippen LogP contribution in [-0.2, 0) is 23.1 Å². The second kappa shape index (κ2) is 2.67. The first-order chi connectivity index (χ1) is 3.06. The summed E-state index contributed by atoms with van der Waals surface area (Å²) in [6.45, 7) is -0.388. The molecule has 0 aliphatic carbocycles. The van der Waals surface area contributed by atoms with Gasteiger partial charge in [-0.1, -0.05) is 0 Å². The molecule has 0 aliphatic heterocycles. The third kappa shape index (κ3) is 6.43. The van der Waals surface area contributed by atoms with Crippen molar-refractivity contribution >= 4 is 8.26 Å². The summed E-state index contributed by atoms with van der Waals surface area (Å²) < 4.78 is 19.8. The fourth-order valence-electron chi connectivity index (χ4n) is 0.102. The van der Waals surface area contributed by atoms with Gasteiger partial charge in [0.2, 0.25) is 0 Å². The molecule has 0 aromatic heterocycles. The third-order valence-electron chi connectivity index (χ3n) is 0.319. The molecule has 0 unspecified atom stereocenters. The molecule has 5 heteroatoms. The van der Waals surface area contributed by atoms with Crippen LogP contribution in [0.1, 0.15) is 0 Å². The number of rotatable bonds is 2. The minimum absolute atomic E-state index is 0.326. The molecule has 0 bridgehead atoms. The zero-order valence-electron chi connectivity index (χ0n) is 3.39. The Balaban J connectivity index is 3.60. The predicted molar refractivity (Wildman–Crippen MR) is 20.9 cm³/mol. The molecule has 0 aromatic carbocycles. The van der Waals surface area contributed by atoms with E-state index in [4.69, 9.17) is 5.11 Å². The Bertz CT molecular complexity index is 126. The maximum absolute atomic E-state index is 9.88. The van der Waals surface area contributed by atoms with Gasteiger partial charge in [0.05, 0.1) is 0 Å². The Hall–Kier alpha value is 0.429. The van der Waals surface area contributed by atoms with Crippen LogP contribution in [0.4, 0.5) is 0 Å². The van der Waals surface area contributed by atoms with Crippen LogP contribution in [0.25, 0.3) is 0 Å². The Kier molecular flexibility index (Phi) is 2.83. The molecule has 0 fully saturated rings. The van der Waals surface area contributed by atoms with Crippen molar-refractivity contribution in [3.8, 4) is 0 Å². The summed E-state index contributed by atoms with van der Waals surface area (Å²) in [7, 11) is -3.36. The second-order valence-corrected chi connectivity index (χ2v) is 4.07. The van der Waals surface area contributed by atoms with Gasteiger partial charge in [0, 0.05) is 0 Å².